The van der Waals surface area contributed by atoms with E-state index in [2.05, 4.69) is 20.9 Å². The average Bonchev–Trinajstić information content (AvgIpc) is 2.36. The summed E-state index contributed by atoms with van der Waals surface area (Å²) in [7, 11) is 1.87. The molecule has 0 bridgehead atoms. The molecule has 0 aromatic carbocycles. The zero-order chi connectivity index (χ0) is 13.8. The number of rotatable bonds is 7. The number of aromatic nitrogens is 1. The lowest BCUT2D eigenvalue weighted by Gasteiger charge is -2.29. The van der Waals surface area contributed by atoms with E-state index in [0.29, 0.717) is 36.9 Å². The van der Waals surface area contributed by atoms with Crippen molar-refractivity contribution in [2.75, 3.05) is 38.7 Å². The van der Waals surface area contributed by atoms with Gasteiger partial charge in [-0.25, -0.2) is 4.98 Å². The predicted molar refractivity (Wildman–Crippen MR) is 77.6 cm³/mol. The van der Waals surface area contributed by atoms with Crippen LogP contribution in [0.25, 0.3) is 0 Å². The van der Waals surface area contributed by atoms with E-state index in [1.54, 1.807) is 6.20 Å². The van der Waals surface area contributed by atoms with Crippen LogP contribution < -0.4 is 25.4 Å². The van der Waals surface area contributed by atoms with Gasteiger partial charge in [-0.15, -0.1) is 0 Å². The van der Waals surface area contributed by atoms with Crippen LogP contribution in [0.5, 0.6) is 11.6 Å². The lowest BCUT2D eigenvalue weighted by molar-refractivity contribution is 0.183. The molecule has 2 atom stereocenters. The second-order valence-electron chi connectivity index (χ2n) is 5.28. The third-order valence-corrected chi connectivity index (χ3v) is 3.82. The van der Waals surface area contributed by atoms with Crippen molar-refractivity contribution >= 4 is 5.69 Å². The third kappa shape index (κ3) is 3.13. The SMILES string of the molecule is CNc1cnc(OC[C@@H]2CCN2)c(OC[C@@H]2CCN2)c1. The van der Waals surface area contributed by atoms with Crippen LogP contribution in [-0.2, 0) is 0 Å². The van der Waals surface area contributed by atoms with E-state index in [-0.39, 0.29) is 0 Å². The van der Waals surface area contributed by atoms with Crippen molar-refractivity contribution in [1.82, 2.24) is 15.6 Å². The van der Waals surface area contributed by atoms with Gasteiger partial charge in [0.1, 0.15) is 13.2 Å². The minimum absolute atomic E-state index is 0.446. The Morgan fingerprint density at radius 2 is 1.85 bits per heavy atom. The quantitative estimate of drug-likeness (QED) is 0.679. The number of pyridine rings is 1. The summed E-state index contributed by atoms with van der Waals surface area (Å²) >= 11 is 0. The number of anilines is 1. The Morgan fingerprint density at radius 3 is 2.40 bits per heavy atom. The molecular weight excluding hydrogens is 256 g/mol. The van der Waals surface area contributed by atoms with Crippen LogP contribution in [0.2, 0.25) is 0 Å². The molecule has 0 spiro atoms. The van der Waals surface area contributed by atoms with Gasteiger partial charge in [0.05, 0.1) is 11.9 Å². The van der Waals surface area contributed by atoms with E-state index >= 15 is 0 Å². The zero-order valence-corrected chi connectivity index (χ0v) is 11.8. The first-order valence-electron chi connectivity index (χ1n) is 7.25. The molecule has 2 aliphatic heterocycles. The van der Waals surface area contributed by atoms with Crippen molar-refractivity contribution in [3.05, 3.63) is 12.3 Å². The van der Waals surface area contributed by atoms with E-state index in [1.165, 1.54) is 6.42 Å². The first-order valence-corrected chi connectivity index (χ1v) is 7.25. The molecule has 6 heteroatoms. The Bertz CT molecular complexity index is 447. The number of ether oxygens (including phenoxy) is 2. The van der Waals surface area contributed by atoms with Gasteiger partial charge < -0.3 is 25.4 Å². The minimum atomic E-state index is 0.446. The molecule has 0 radical (unpaired) electrons. The predicted octanol–water partition coefficient (Wildman–Crippen LogP) is 0.605. The number of hydrogen-bond acceptors (Lipinski definition) is 6. The van der Waals surface area contributed by atoms with Crippen molar-refractivity contribution < 1.29 is 9.47 Å². The maximum Gasteiger partial charge on any atom is 0.257 e. The molecule has 3 rings (SSSR count). The van der Waals surface area contributed by atoms with Crippen LogP contribution in [-0.4, -0.2) is 50.4 Å². The van der Waals surface area contributed by atoms with Crippen LogP contribution in [0.1, 0.15) is 12.8 Å². The molecule has 3 N–H and O–H groups in total. The molecule has 1 aromatic rings. The van der Waals surface area contributed by atoms with Gasteiger partial charge in [0.25, 0.3) is 5.88 Å². The van der Waals surface area contributed by atoms with Crippen molar-refractivity contribution in [3.8, 4) is 11.6 Å². The van der Waals surface area contributed by atoms with Gasteiger partial charge in [0, 0.05) is 25.2 Å². The van der Waals surface area contributed by atoms with Crippen molar-refractivity contribution in [3.63, 3.8) is 0 Å². The summed E-state index contributed by atoms with van der Waals surface area (Å²) < 4.78 is 11.6. The van der Waals surface area contributed by atoms with E-state index in [0.717, 1.165) is 25.2 Å². The molecule has 0 saturated carbocycles. The Hall–Kier alpha value is -1.53. The smallest absolute Gasteiger partial charge is 0.257 e. The number of nitrogens with one attached hydrogen (secondary N) is 3. The fourth-order valence-corrected chi connectivity index (χ4v) is 2.13. The number of nitrogens with zero attached hydrogens (tertiary/aromatic N) is 1. The highest BCUT2D eigenvalue weighted by Crippen LogP contribution is 2.28. The van der Waals surface area contributed by atoms with Gasteiger partial charge in [-0.2, -0.15) is 0 Å². The molecule has 2 aliphatic rings. The first kappa shape index (κ1) is 13.5. The molecule has 0 amide bonds. The van der Waals surface area contributed by atoms with E-state index < -0.39 is 0 Å². The standard InChI is InChI=1S/C14H22N4O2/c1-15-12-6-13(19-8-10-2-4-16-10)14(18-7-12)20-9-11-3-5-17-11/h6-7,10-11,15-17H,2-5,8-9H2,1H3/t10-,11-/m0/s1. The number of hydrogen-bond donors (Lipinski definition) is 3. The summed E-state index contributed by atoms with van der Waals surface area (Å²) in [6.07, 6.45) is 4.09. The molecule has 0 unspecified atom stereocenters. The molecule has 2 saturated heterocycles. The van der Waals surface area contributed by atoms with E-state index in [9.17, 15) is 0 Å². The summed E-state index contributed by atoms with van der Waals surface area (Å²) in [6.45, 7) is 3.47. The van der Waals surface area contributed by atoms with Crippen molar-refractivity contribution in [1.29, 1.82) is 0 Å². The van der Waals surface area contributed by atoms with Gasteiger partial charge in [0.2, 0.25) is 0 Å². The second kappa shape index (κ2) is 6.28. The fourth-order valence-electron chi connectivity index (χ4n) is 2.13. The Balaban J connectivity index is 1.62. The molecule has 3 heterocycles. The van der Waals surface area contributed by atoms with E-state index in [1.807, 2.05) is 13.1 Å². The summed E-state index contributed by atoms with van der Waals surface area (Å²) in [5.74, 6) is 1.29. The largest absolute Gasteiger partial charge is 0.486 e. The highest BCUT2D eigenvalue weighted by atomic mass is 16.5. The summed E-state index contributed by atoms with van der Waals surface area (Å²) in [5, 5.41) is 9.70. The van der Waals surface area contributed by atoms with Crippen LogP contribution in [0, 0.1) is 0 Å². The zero-order valence-electron chi connectivity index (χ0n) is 11.8. The van der Waals surface area contributed by atoms with Crippen LogP contribution >= 0.6 is 0 Å². The normalized spacial score (nSPS) is 24.4. The minimum Gasteiger partial charge on any atom is -0.486 e. The van der Waals surface area contributed by atoms with Gasteiger partial charge in [0.15, 0.2) is 5.75 Å². The average molecular weight is 278 g/mol. The van der Waals surface area contributed by atoms with Crippen LogP contribution in [0.3, 0.4) is 0 Å². The first-order chi connectivity index (χ1) is 9.85. The monoisotopic (exact) mass is 278 g/mol. The molecular formula is C14H22N4O2. The van der Waals surface area contributed by atoms with Crippen molar-refractivity contribution in [2.24, 2.45) is 0 Å². The van der Waals surface area contributed by atoms with Crippen LogP contribution in [0.15, 0.2) is 12.3 Å². The summed E-state index contributed by atoms with van der Waals surface area (Å²) in [6, 6.07) is 2.84. The van der Waals surface area contributed by atoms with Gasteiger partial charge in [-0.3, -0.25) is 0 Å². The van der Waals surface area contributed by atoms with Gasteiger partial charge >= 0.3 is 0 Å². The Kier molecular flexibility index (Phi) is 4.22. The lowest BCUT2D eigenvalue weighted by atomic mass is 10.1. The molecule has 6 nitrogen and oxygen atoms in total. The maximum absolute atomic E-state index is 5.86. The van der Waals surface area contributed by atoms with E-state index in [4.69, 9.17) is 9.47 Å². The molecule has 0 aliphatic carbocycles. The summed E-state index contributed by atoms with van der Waals surface area (Å²) in [5.41, 5.74) is 0.927. The summed E-state index contributed by atoms with van der Waals surface area (Å²) in [4.78, 5) is 4.34. The molecule has 110 valence electrons. The van der Waals surface area contributed by atoms with Crippen molar-refractivity contribution in [2.45, 2.75) is 24.9 Å². The highest BCUT2D eigenvalue weighted by molar-refractivity contribution is 5.49. The highest BCUT2D eigenvalue weighted by Gasteiger charge is 2.20. The van der Waals surface area contributed by atoms with Crippen LogP contribution in [0.4, 0.5) is 5.69 Å². The molecule has 1 aromatic heterocycles. The Labute approximate surface area is 119 Å². The third-order valence-electron chi connectivity index (χ3n) is 3.82. The molecule has 20 heavy (non-hydrogen) atoms. The fraction of sp³-hybridized carbons (Fsp3) is 0.643. The topological polar surface area (TPSA) is 67.4 Å². The Morgan fingerprint density at radius 1 is 1.20 bits per heavy atom. The van der Waals surface area contributed by atoms with Gasteiger partial charge in [-0.05, 0) is 25.9 Å². The molecule has 2 fully saturated rings. The maximum atomic E-state index is 5.86. The lowest BCUT2D eigenvalue weighted by Crippen LogP contribution is -2.47. The second-order valence-corrected chi connectivity index (χ2v) is 5.28. The van der Waals surface area contributed by atoms with Gasteiger partial charge in [-0.1, -0.05) is 0 Å².